The highest BCUT2D eigenvalue weighted by Crippen LogP contribution is 2.46. The normalized spacial score (nSPS) is 13.3. The Morgan fingerprint density at radius 2 is 0.840 bits per heavy atom. The van der Waals surface area contributed by atoms with E-state index in [4.69, 9.17) is 9.97 Å². The second kappa shape index (κ2) is 11.3. The van der Waals surface area contributed by atoms with E-state index in [1.54, 1.807) is 0 Å². The Kier molecular flexibility index (Phi) is 6.48. The molecule has 0 amide bonds. The number of aromatic nitrogens is 2. The first-order valence-corrected chi connectivity index (χ1v) is 19.2. The second-order valence-corrected chi connectivity index (χ2v) is 16.2. The third kappa shape index (κ3) is 4.49. The molecule has 2 nitrogen and oxygen atoms in total. The molecule has 1 aromatic heterocycles. The van der Waals surface area contributed by atoms with Crippen LogP contribution in [0.4, 0.5) is 0 Å². The minimum atomic E-state index is 0.309. The van der Waals surface area contributed by atoms with Crippen LogP contribution in [0.3, 0.4) is 0 Å². The maximum Gasteiger partial charge on any atom is 0.250 e. The Morgan fingerprint density at radius 1 is 0.360 bits per heavy atom. The number of fused-ring (bicyclic) bond motifs is 1. The van der Waals surface area contributed by atoms with Crippen LogP contribution in [0.25, 0.3) is 55.8 Å². The van der Waals surface area contributed by atoms with E-state index in [1.165, 1.54) is 62.5 Å². The van der Waals surface area contributed by atoms with Crippen molar-refractivity contribution in [1.29, 1.82) is 0 Å². The monoisotopic (exact) mass is 688 g/mol. The van der Waals surface area contributed by atoms with Gasteiger partial charge in [0, 0.05) is 45.9 Å². The Labute approximate surface area is 303 Å². The lowest BCUT2D eigenvalue weighted by Crippen LogP contribution is -2.60. The summed E-state index contributed by atoms with van der Waals surface area (Å²) in [7, 11) is 0. The molecule has 232 valence electrons. The summed E-state index contributed by atoms with van der Waals surface area (Å²) in [4.78, 5) is 18.5. The summed E-state index contributed by atoms with van der Waals surface area (Å²) in [5, 5.41) is 1.06. The molecule has 0 bridgehead atoms. The molecule has 0 radical (unpaired) electrons. The summed E-state index contributed by atoms with van der Waals surface area (Å²) in [6.07, 6.45) is 0. The highest BCUT2D eigenvalue weighted by atomic mass is 32.2. The smallest absolute Gasteiger partial charge is 0.228 e. The molecule has 0 atom stereocenters. The van der Waals surface area contributed by atoms with Crippen LogP contribution in [0.5, 0.6) is 0 Å². The third-order valence-electron chi connectivity index (χ3n) is 9.98. The van der Waals surface area contributed by atoms with Gasteiger partial charge in [-0.25, -0.2) is 9.97 Å². The topological polar surface area (TPSA) is 25.8 Å². The zero-order valence-electron chi connectivity index (χ0n) is 26.6. The first kappa shape index (κ1) is 28.8. The van der Waals surface area contributed by atoms with Gasteiger partial charge in [-0.05, 0) is 93.2 Å². The van der Waals surface area contributed by atoms with Crippen LogP contribution in [0, 0.1) is 0 Å². The van der Waals surface area contributed by atoms with E-state index >= 15 is 0 Å². The lowest BCUT2D eigenvalue weighted by atomic mass is 9.36. The molecule has 0 saturated heterocycles. The molecule has 4 heterocycles. The molecule has 0 spiro atoms. The molecule has 0 fully saturated rings. The summed E-state index contributed by atoms with van der Waals surface area (Å²) in [5.74, 6) is 0.733. The van der Waals surface area contributed by atoms with Crippen molar-refractivity contribution in [2.75, 3.05) is 0 Å². The number of nitrogens with zero attached hydrogens (tertiary/aromatic N) is 2. The predicted molar refractivity (Wildman–Crippen MR) is 211 cm³/mol. The highest BCUT2D eigenvalue weighted by Gasteiger charge is 2.43. The average Bonchev–Trinajstić information content (AvgIpc) is 3.18. The van der Waals surface area contributed by atoms with Gasteiger partial charge in [0.25, 0.3) is 0 Å². The minimum absolute atomic E-state index is 0.309. The van der Waals surface area contributed by atoms with Gasteiger partial charge < -0.3 is 0 Å². The fourth-order valence-electron chi connectivity index (χ4n) is 7.72. The summed E-state index contributed by atoms with van der Waals surface area (Å²) in [5.41, 5.74) is 13.3. The van der Waals surface area contributed by atoms with Crippen LogP contribution >= 0.6 is 35.3 Å². The van der Waals surface area contributed by atoms with Crippen LogP contribution in [0.1, 0.15) is 0 Å². The standard InChI is InChI=1S/C44H25BN2S3/c1-2-10-26(11-3-1)43-32-16-4-5-17-33(32)46-44(47-43)30-15-7-13-28(23-30)27-12-6-14-29(22-27)31-24-38-42-39(25-31)50-37-21-9-19-35-41(37)45(42)40-34(48-35)18-8-20-36(40)49-38/h1-25H. The van der Waals surface area contributed by atoms with E-state index in [1.807, 2.05) is 47.4 Å². The van der Waals surface area contributed by atoms with Gasteiger partial charge in [0.1, 0.15) is 0 Å². The number of rotatable bonds is 4. The minimum Gasteiger partial charge on any atom is -0.228 e. The van der Waals surface area contributed by atoms with Crippen LogP contribution in [-0.4, -0.2) is 16.7 Å². The van der Waals surface area contributed by atoms with Crippen molar-refractivity contribution in [2.24, 2.45) is 0 Å². The maximum absolute atomic E-state index is 5.14. The van der Waals surface area contributed by atoms with Gasteiger partial charge in [-0.2, -0.15) is 0 Å². The van der Waals surface area contributed by atoms with E-state index in [0.717, 1.165) is 39.1 Å². The van der Waals surface area contributed by atoms with Gasteiger partial charge in [0.2, 0.25) is 6.71 Å². The zero-order valence-corrected chi connectivity index (χ0v) is 29.1. The van der Waals surface area contributed by atoms with E-state index in [0.29, 0.717) is 6.71 Å². The summed E-state index contributed by atoms with van der Waals surface area (Å²) < 4.78 is 0. The molecule has 8 aromatic rings. The summed E-state index contributed by atoms with van der Waals surface area (Å²) >= 11 is 5.80. The van der Waals surface area contributed by atoms with Crippen LogP contribution < -0.4 is 16.4 Å². The van der Waals surface area contributed by atoms with Crippen molar-refractivity contribution in [3.63, 3.8) is 0 Å². The van der Waals surface area contributed by atoms with Gasteiger partial charge in [-0.1, -0.05) is 132 Å². The third-order valence-corrected chi connectivity index (χ3v) is 13.4. The van der Waals surface area contributed by atoms with E-state index in [-0.39, 0.29) is 0 Å². The number of hydrogen-bond acceptors (Lipinski definition) is 5. The number of hydrogen-bond donors (Lipinski definition) is 0. The van der Waals surface area contributed by atoms with Crippen LogP contribution in [-0.2, 0) is 0 Å². The van der Waals surface area contributed by atoms with Crippen molar-refractivity contribution in [3.8, 4) is 44.9 Å². The van der Waals surface area contributed by atoms with E-state index in [2.05, 4.69) is 140 Å². The molecule has 6 heteroatoms. The second-order valence-electron chi connectivity index (χ2n) is 12.9. The molecular formula is C44H25BN2S3. The van der Waals surface area contributed by atoms with E-state index < -0.39 is 0 Å². The Hall–Kier alpha value is -5.01. The van der Waals surface area contributed by atoms with Crippen LogP contribution in [0.15, 0.2) is 181 Å². The van der Waals surface area contributed by atoms with Crippen molar-refractivity contribution in [3.05, 3.63) is 152 Å². The number of para-hydroxylation sites is 1. The van der Waals surface area contributed by atoms with Crippen LogP contribution in [0.2, 0.25) is 0 Å². The van der Waals surface area contributed by atoms with Gasteiger partial charge in [0.15, 0.2) is 5.82 Å². The van der Waals surface area contributed by atoms with Crippen molar-refractivity contribution in [2.45, 2.75) is 29.4 Å². The quantitative estimate of drug-likeness (QED) is 0.172. The molecule has 0 aliphatic carbocycles. The van der Waals surface area contributed by atoms with Gasteiger partial charge in [-0.3, -0.25) is 0 Å². The Bertz CT molecular complexity index is 2630. The molecule has 3 aliphatic rings. The SMILES string of the molecule is c1ccc(-c2nc(-c3cccc(-c4cccc(-c5cc6c7c(c5)Sc5cccc8c5B7c5c(cccc5S6)S8)c4)c3)nc3ccccc23)cc1. The lowest BCUT2D eigenvalue weighted by molar-refractivity contribution is 1.23. The predicted octanol–water partition coefficient (Wildman–Crippen LogP) is 10.2. The van der Waals surface area contributed by atoms with Gasteiger partial charge in [-0.15, -0.1) is 0 Å². The van der Waals surface area contributed by atoms with Gasteiger partial charge in [0.05, 0.1) is 11.2 Å². The average molecular weight is 689 g/mol. The molecule has 7 aromatic carbocycles. The van der Waals surface area contributed by atoms with Crippen molar-refractivity contribution in [1.82, 2.24) is 9.97 Å². The zero-order chi connectivity index (χ0) is 32.8. The summed E-state index contributed by atoms with van der Waals surface area (Å²) in [6.45, 7) is 0.309. The summed E-state index contributed by atoms with van der Waals surface area (Å²) in [6, 6.07) is 54.8. The molecule has 0 unspecified atom stereocenters. The molecule has 0 N–H and O–H groups in total. The molecule has 50 heavy (non-hydrogen) atoms. The lowest BCUT2D eigenvalue weighted by Gasteiger charge is -2.38. The maximum atomic E-state index is 5.14. The first-order chi connectivity index (χ1) is 24.7. The molecule has 0 saturated carbocycles. The Balaban J connectivity index is 1.00. The van der Waals surface area contributed by atoms with Gasteiger partial charge >= 0.3 is 0 Å². The largest absolute Gasteiger partial charge is 0.250 e. The van der Waals surface area contributed by atoms with E-state index in [9.17, 15) is 0 Å². The Morgan fingerprint density at radius 3 is 1.50 bits per heavy atom. The first-order valence-electron chi connectivity index (χ1n) is 16.8. The van der Waals surface area contributed by atoms with Crippen molar-refractivity contribution >= 4 is 69.3 Å². The number of benzene rings is 7. The highest BCUT2D eigenvalue weighted by molar-refractivity contribution is 8.02. The van der Waals surface area contributed by atoms with Crippen molar-refractivity contribution < 1.29 is 0 Å². The molecule has 11 rings (SSSR count). The molecule has 3 aliphatic heterocycles. The molecular weight excluding hydrogens is 664 g/mol. The fraction of sp³-hybridized carbons (Fsp3) is 0. The fourth-order valence-corrected chi connectivity index (χ4v) is 11.6.